The highest BCUT2D eigenvalue weighted by atomic mass is 14.8. The van der Waals surface area contributed by atoms with Gasteiger partial charge >= 0.3 is 0 Å². The van der Waals surface area contributed by atoms with Gasteiger partial charge in [-0.1, -0.05) is 49.6 Å². The first kappa shape index (κ1) is 13.6. The smallest absolute Gasteiger partial charge is 0.0312 e. The second-order valence-electron chi connectivity index (χ2n) is 6.06. The van der Waals surface area contributed by atoms with E-state index in [1.54, 1.807) is 0 Å². The molecule has 1 aromatic rings. The summed E-state index contributed by atoms with van der Waals surface area (Å²) in [7, 11) is 0. The first-order chi connectivity index (χ1) is 8.59. The van der Waals surface area contributed by atoms with Gasteiger partial charge in [-0.25, -0.2) is 0 Å². The molecule has 0 spiro atoms. The Kier molecular flexibility index (Phi) is 4.41. The van der Waals surface area contributed by atoms with Crippen molar-refractivity contribution in [2.75, 3.05) is 0 Å². The van der Waals surface area contributed by atoms with E-state index in [2.05, 4.69) is 19.1 Å². The van der Waals surface area contributed by atoms with E-state index in [-0.39, 0.29) is 11.6 Å². The average Bonchev–Trinajstić information content (AvgIpc) is 2.40. The van der Waals surface area contributed by atoms with Crippen molar-refractivity contribution < 1.29 is 0 Å². The molecule has 2 nitrogen and oxygen atoms in total. The third kappa shape index (κ3) is 3.33. The Morgan fingerprint density at radius 2 is 1.78 bits per heavy atom. The lowest BCUT2D eigenvalue weighted by molar-refractivity contribution is 0.200. The second-order valence-corrected chi connectivity index (χ2v) is 6.06. The third-order valence-corrected chi connectivity index (χ3v) is 4.43. The first-order valence-corrected chi connectivity index (χ1v) is 7.19. The van der Waals surface area contributed by atoms with Crippen LogP contribution in [0.4, 0.5) is 0 Å². The van der Waals surface area contributed by atoms with E-state index >= 15 is 0 Å². The van der Waals surface area contributed by atoms with Gasteiger partial charge in [0.2, 0.25) is 0 Å². The van der Waals surface area contributed by atoms with Crippen LogP contribution in [0.5, 0.6) is 0 Å². The quantitative estimate of drug-likeness (QED) is 0.855. The number of hydrogen-bond acceptors (Lipinski definition) is 2. The van der Waals surface area contributed by atoms with Crippen LogP contribution in [0.25, 0.3) is 0 Å². The van der Waals surface area contributed by atoms with E-state index in [9.17, 15) is 0 Å². The zero-order valence-electron chi connectivity index (χ0n) is 11.4. The van der Waals surface area contributed by atoms with E-state index in [1.807, 2.05) is 18.2 Å². The largest absolute Gasteiger partial charge is 0.325 e. The molecule has 0 aliphatic heterocycles. The maximum Gasteiger partial charge on any atom is 0.0312 e. The minimum absolute atomic E-state index is 0.0585. The molecule has 4 N–H and O–H groups in total. The molecule has 0 aromatic heterocycles. The predicted molar refractivity (Wildman–Crippen MR) is 77.2 cm³/mol. The molecule has 1 fully saturated rings. The maximum atomic E-state index is 6.55. The molecule has 1 aliphatic carbocycles. The van der Waals surface area contributed by atoms with Crippen molar-refractivity contribution in [3.05, 3.63) is 35.9 Å². The number of benzene rings is 1. The summed E-state index contributed by atoms with van der Waals surface area (Å²) in [6, 6.07) is 10.4. The molecule has 1 aromatic carbocycles. The predicted octanol–water partition coefficient (Wildman–Crippen LogP) is 3.37. The molecule has 0 bridgehead atoms. The zero-order chi connectivity index (χ0) is 13.0. The molecule has 2 atom stereocenters. The van der Waals surface area contributed by atoms with Crippen molar-refractivity contribution in [3.63, 3.8) is 0 Å². The number of nitrogens with two attached hydrogens (primary N) is 2. The van der Waals surface area contributed by atoms with Crippen LogP contribution in [0.15, 0.2) is 30.3 Å². The maximum absolute atomic E-state index is 6.55. The lowest BCUT2D eigenvalue weighted by atomic mass is 9.73. The fourth-order valence-electron chi connectivity index (χ4n) is 3.22. The van der Waals surface area contributed by atoms with Gasteiger partial charge in [-0.3, -0.25) is 0 Å². The van der Waals surface area contributed by atoms with E-state index in [0.29, 0.717) is 5.92 Å². The Balaban J connectivity index is 1.98. The SMILES string of the molecule is CC(N)(CC(N)c1ccccc1)C1CCCCC1. The van der Waals surface area contributed by atoms with E-state index < -0.39 is 0 Å². The molecule has 1 aliphatic rings. The summed E-state index contributed by atoms with van der Waals surface area (Å²) in [5.41, 5.74) is 13.9. The van der Waals surface area contributed by atoms with Crippen molar-refractivity contribution in [1.29, 1.82) is 0 Å². The van der Waals surface area contributed by atoms with E-state index in [1.165, 1.54) is 37.7 Å². The van der Waals surface area contributed by atoms with Crippen LogP contribution in [0.3, 0.4) is 0 Å². The van der Waals surface area contributed by atoms with E-state index in [4.69, 9.17) is 11.5 Å². The highest BCUT2D eigenvalue weighted by molar-refractivity contribution is 5.19. The summed E-state index contributed by atoms with van der Waals surface area (Å²) < 4.78 is 0. The standard InChI is InChI=1S/C16H26N2/c1-16(18,14-10-6-3-7-11-14)12-15(17)13-8-4-2-5-9-13/h2,4-5,8-9,14-15H,3,6-7,10-12,17-18H2,1H3. The summed E-state index contributed by atoms with van der Waals surface area (Å²) in [4.78, 5) is 0. The van der Waals surface area contributed by atoms with Crippen LogP contribution in [-0.2, 0) is 0 Å². The lowest BCUT2D eigenvalue weighted by Gasteiger charge is -2.38. The topological polar surface area (TPSA) is 52.0 Å². The fourth-order valence-corrected chi connectivity index (χ4v) is 3.22. The molecule has 2 rings (SSSR count). The van der Waals surface area contributed by atoms with E-state index in [0.717, 1.165) is 6.42 Å². The Morgan fingerprint density at radius 3 is 2.39 bits per heavy atom. The van der Waals surface area contributed by atoms with Gasteiger partial charge in [0.15, 0.2) is 0 Å². The second kappa shape index (κ2) is 5.85. The Morgan fingerprint density at radius 1 is 1.17 bits per heavy atom. The van der Waals surface area contributed by atoms with Gasteiger partial charge < -0.3 is 11.5 Å². The normalized spacial score (nSPS) is 22.4. The zero-order valence-corrected chi connectivity index (χ0v) is 11.4. The van der Waals surface area contributed by atoms with Gasteiger partial charge in [0.05, 0.1) is 0 Å². The molecule has 0 radical (unpaired) electrons. The molecule has 100 valence electrons. The molecule has 0 heterocycles. The lowest BCUT2D eigenvalue weighted by Crippen LogP contribution is -2.47. The van der Waals surface area contributed by atoms with Crippen molar-refractivity contribution in [1.82, 2.24) is 0 Å². The van der Waals surface area contributed by atoms with Crippen LogP contribution in [0.2, 0.25) is 0 Å². The molecule has 1 saturated carbocycles. The monoisotopic (exact) mass is 246 g/mol. The van der Waals surface area contributed by atoms with Crippen LogP contribution >= 0.6 is 0 Å². The summed E-state index contributed by atoms with van der Waals surface area (Å²) in [6.07, 6.45) is 7.46. The summed E-state index contributed by atoms with van der Waals surface area (Å²) in [5.74, 6) is 0.640. The summed E-state index contributed by atoms with van der Waals surface area (Å²) >= 11 is 0. The van der Waals surface area contributed by atoms with Crippen LogP contribution in [0.1, 0.15) is 57.1 Å². The van der Waals surface area contributed by atoms with Gasteiger partial charge in [0.1, 0.15) is 0 Å². The molecular weight excluding hydrogens is 220 g/mol. The van der Waals surface area contributed by atoms with Crippen LogP contribution < -0.4 is 11.5 Å². The average molecular weight is 246 g/mol. The molecule has 2 heteroatoms. The van der Waals surface area contributed by atoms with Crippen molar-refractivity contribution in [2.24, 2.45) is 17.4 Å². The van der Waals surface area contributed by atoms with Crippen molar-refractivity contribution in [3.8, 4) is 0 Å². The third-order valence-electron chi connectivity index (χ3n) is 4.43. The van der Waals surface area contributed by atoms with Crippen molar-refractivity contribution in [2.45, 2.75) is 57.0 Å². The Labute approximate surface area is 111 Å². The molecular formula is C16H26N2. The minimum Gasteiger partial charge on any atom is -0.325 e. The molecule has 0 saturated heterocycles. The Bertz CT molecular complexity index is 353. The first-order valence-electron chi connectivity index (χ1n) is 7.19. The van der Waals surface area contributed by atoms with Crippen molar-refractivity contribution >= 4 is 0 Å². The van der Waals surface area contributed by atoms with Gasteiger partial charge in [-0.15, -0.1) is 0 Å². The fraction of sp³-hybridized carbons (Fsp3) is 0.625. The molecule has 2 unspecified atom stereocenters. The number of hydrogen-bond donors (Lipinski definition) is 2. The minimum atomic E-state index is -0.129. The molecule has 0 amide bonds. The summed E-state index contributed by atoms with van der Waals surface area (Å²) in [6.45, 7) is 2.19. The van der Waals surface area contributed by atoms with Crippen LogP contribution in [-0.4, -0.2) is 5.54 Å². The van der Waals surface area contributed by atoms with Gasteiger partial charge in [0, 0.05) is 11.6 Å². The van der Waals surface area contributed by atoms with Gasteiger partial charge in [-0.2, -0.15) is 0 Å². The van der Waals surface area contributed by atoms with Gasteiger partial charge in [0.25, 0.3) is 0 Å². The summed E-state index contributed by atoms with van der Waals surface area (Å²) in [5, 5.41) is 0. The highest BCUT2D eigenvalue weighted by Gasteiger charge is 2.32. The highest BCUT2D eigenvalue weighted by Crippen LogP contribution is 2.35. The van der Waals surface area contributed by atoms with Gasteiger partial charge in [-0.05, 0) is 37.7 Å². The molecule has 18 heavy (non-hydrogen) atoms. The Hall–Kier alpha value is -0.860. The number of rotatable bonds is 4. The van der Waals surface area contributed by atoms with Crippen LogP contribution in [0, 0.1) is 5.92 Å².